The summed E-state index contributed by atoms with van der Waals surface area (Å²) in [6.45, 7) is 3.65. The van der Waals surface area contributed by atoms with Gasteiger partial charge in [0.1, 0.15) is 5.75 Å². The monoisotopic (exact) mass is 223 g/mol. The average Bonchev–Trinajstić information content (AvgIpc) is 2.21. The van der Waals surface area contributed by atoms with Gasteiger partial charge in [-0.05, 0) is 31.0 Å². The van der Waals surface area contributed by atoms with Crippen LogP contribution in [0.15, 0.2) is 18.2 Å². The van der Waals surface area contributed by atoms with E-state index in [9.17, 15) is 9.90 Å². The van der Waals surface area contributed by atoms with E-state index in [1.54, 1.807) is 32.0 Å². The Kier molecular flexibility index (Phi) is 4.31. The van der Waals surface area contributed by atoms with E-state index in [0.29, 0.717) is 0 Å². The molecule has 0 aromatic heterocycles. The van der Waals surface area contributed by atoms with Crippen LogP contribution in [0.3, 0.4) is 0 Å². The quantitative estimate of drug-likeness (QED) is 0.705. The molecule has 0 bridgehead atoms. The van der Waals surface area contributed by atoms with Crippen molar-refractivity contribution in [1.82, 2.24) is 5.32 Å². The lowest BCUT2D eigenvalue weighted by Gasteiger charge is -2.07. The molecule has 1 rings (SSSR count). The van der Waals surface area contributed by atoms with E-state index in [0.717, 1.165) is 11.1 Å². The molecule has 0 heterocycles. The van der Waals surface area contributed by atoms with Crippen LogP contribution in [0.25, 0.3) is 0 Å². The van der Waals surface area contributed by atoms with Gasteiger partial charge in [0, 0.05) is 6.54 Å². The minimum absolute atomic E-state index is 0.163. The molecular formula is C12H17NO3. The first-order chi connectivity index (χ1) is 7.49. The summed E-state index contributed by atoms with van der Waals surface area (Å²) in [5.41, 5.74) is 1.54. The van der Waals surface area contributed by atoms with Gasteiger partial charge in [0.05, 0.1) is 12.5 Å². The molecule has 1 unspecified atom stereocenters. The number of carbonyl (C=O) groups excluding carboxylic acids is 1. The van der Waals surface area contributed by atoms with Crippen LogP contribution in [0.2, 0.25) is 0 Å². The van der Waals surface area contributed by atoms with Gasteiger partial charge >= 0.3 is 0 Å². The maximum Gasteiger partial charge on any atom is 0.224 e. The van der Waals surface area contributed by atoms with Crippen LogP contribution in [-0.4, -0.2) is 28.8 Å². The molecule has 0 radical (unpaired) electrons. The van der Waals surface area contributed by atoms with E-state index >= 15 is 0 Å². The molecular weight excluding hydrogens is 206 g/mol. The Bertz CT molecular complexity index is 375. The van der Waals surface area contributed by atoms with Crippen molar-refractivity contribution in [2.24, 2.45) is 0 Å². The molecule has 1 atom stereocenters. The molecule has 0 saturated heterocycles. The number of aryl methyl sites for hydroxylation is 1. The highest BCUT2D eigenvalue weighted by Gasteiger charge is 2.06. The third kappa shape index (κ3) is 3.90. The molecule has 0 fully saturated rings. The second-order valence-corrected chi connectivity index (χ2v) is 3.95. The van der Waals surface area contributed by atoms with E-state index in [4.69, 9.17) is 5.11 Å². The van der Waals surface area contributed by atoms with Crippen LogP contribution in [0.1, 0.15) is 18.1 Å². The number of rotatable bonds is 4. The second kappa shape index (κ2) is 5.51. The Balaban J connectivity index is 2.53. The minimum atomic E-state index is -0.546. The van der Waals surface area contributed by atoms with Gasteiger partial charge in [-0.25, -0.2) is 0 Å². The van der Waals surface area contributed by atoms with Crippen molar-refractivity contribution >= 4 is 5.91 Å². The number of phenolic OH excluding ortho intramolecular Hbond substituents is 1. The topological polar surface area (TPSA) is 69.6 Å². The zero-order chi connectivity index (χ0) is 12.1. The number of aliphatic hydroxyl groups excluding tert-OH is 1. The summed E-state index contributed by atoms with van der Waals surface area (Å²) in [4.78, 5) is 11.4. The number of nitrogens with one attached hydrogen (secondary N) is 1. The number of phenols is 1. The third-order valence-electron chi connectivity index (χ3n) is 2.23. The van der Waals surface area contributed by atoms with Crippen LogP contribution in [0.4, 0.5) is 0 Å². The first-order valence-electron chi connectivity index (χ1n) is 5.22. The lowest BCUT2D eigenvalue weighted by Crippen LogP contribution is -2.31. The van der Waals surface area contributed by atoms with Crippen molar-refractivity contribution in [2.75, 3.05) is 6.54 Å². The highest BCUT2D eigenvalue weighted by molar-refractivity contribution is 5.78. The summed E-state index contributed by atoms with van der Waals surface area (Å²) in [5.74, 6) is 0.0324. The zero-order valence-corrected chi connectivity index (χ0v) is 9.53. The lowest BCUT2D eigenvalue weighted by molar-refractivity contribution is -0.120. The fourth-order valence-electron chi connectivity index (χ4n) is 1.27. The Morgan fingerprint density at radius 2 is 2.19 bits per heavy atom. The number of carbonyl (C=O) groups is 1. The molecule has 4 nitrogen and oxygen atoms in total. The van der Waals surface area contributed by atoms with Gasteiger partial charge in [-0.2, -0.15) is 0 Å². The molecule has 1 aromatic rings. The van der Waals surface area contributed by atoms with Gasteiger partial charge in [0.2, 0.25) is 5.91 Å². The summed E-state index contributed by atoms with van der Waals surface area (Å²) >= 11 is 0. The van der Waals surface area contributed by atoms with Crippen molar-refractivity contribution < 1.29 is 15.0 Å². The summed E-state index contributed by atoms with van der Waals surface area (Å²) in [6, 6.07) is 5.15. The fraction of sp³-hybridized carbons (Fsp3) is 0.417. The van der Waals surface area contributed by atoms with E-state index in [-0.39, 0.29) is 24.6 Å². The normalized spacial score (nSPS) is 12.2. The smallest absolute Gasteiger partial charge is 0.224 e. The summed E-state index contributed by atoms with van der Waals surface area (Å²) in [7, 11) is 0. The van der Waals surface area contributed by atoms with Gasteiger partial charge in [-0.15, -0.1) is 0 Å². The lowest BCUT2D eigenvalue weighted by atomic mass is 10.1. The maximum absolute atomic E-state index is 11.4. The number of hydrogen-bond acceptors (Lipinski definition) is 3. The zero-order valence-electron chi connectivity index (χ0n) is 9.53. The van der Waals surface area contributed by atoms with Gasteiger partial charge in [-0.3, -0.25) is 4.79 Å². The van der Waals surface area contributed by atoms with Gasteiger partial charge in [0.25, 0.3) is 0 Å². The minimum Gasteiger partial charge on any atom is -0.508 e. The Labute approximate surface area is 94.9 Å². The SMILES string of the molecule is Cc1ccc(CC(=O)NCC(C)O)cc1O. The molecule has 0 saturated carbocycles. The van der Waals surface area contributed by atoms with E-state index < -0.39 is 6.10 Å². The fourth-order valence-corrected chi connectivity index (χ4v) is 1.27. The maximum atomic E-state index is 11.4. The molecule has 3 N–H and O–H groups in total. The second-order valence-electron chi connectivity index (χ2n) is 3.95. The first kappa shape index (κ1) is 12.5. The molecule has 16 heavy (non-hydrogen) atoms. The average molecular weight is 223 g/mol. The molecule has 88 valence electrons. The van der Waals surface area contributed by atoms with Crippen molar-refractivity contribution in [2.45, 2.75) is 26.4 Å². The third-order valence-corrected chi connectivity index (χ3v) is 2.23. The molecule has 0 aliphatic rings. The first-order valence-corrected chi connectivity index (χ1v) is 5.22. The molecule has 0 aliphatic heterocycles. The number of benzene rings is 1. The number of amides is 1. The van der Waals surface area contributed by atoms with E-state index in [1.165, 1.54) is 0 Å². The number of hydrogen-bond donors (Lipinski definition) is 3. The van der Waals surface area contributed by atoms with Crippen LogP contribution < -0.4 is 5.32 Å². The van der Waals surface area contributed by atoms with E-state index in [2.05, 4.69) is 5.32 Å². The highest BCUT2D eigenvalue weighted by atomic mass is 16.3. The summed E-state index contributed by atoms with van der Waals surface area (Å²) in [6.07, 6.45) is -0.337. The standard InChI is InChI=1S/C12H17NO3/c1-8-3-4-10(5-11(8)15)6-12(16)13-7-9(2)14/h3-5,9,14-15H,6-7H2,1-2H3,(H,13,16). The van der Waals surface area contributed by atoms with E-state index in [1.807, 2.05) is 0 Å². The van der Waals surface area contributed by atoms with Gasteiger partial charge in [-0.1, -0.05) is 12.1 Å². The number of aliphatic hydroxyl groups is 1. The molecule has 0 spiro atoms. The Hall–Kier alpha value is -1.55. The largest absolute Gasteiger partial charge is 0.508 e. The summed E-state index contributed by atoms with van der Waals surface area (Å²) < 4.78 is 0. The highest BCUT2D eigenvalue weighted by Crippen LogP contribution is 2.17. The van der Waals surface area contributed by atoms with Crippen LogP contribution in [0, 0.1) is 6.92 Å². The summed E-state index contributed by atoms with van der Waals surface area (Å²) in [5, 5.41) is 21.0. The molecule has 1 amide bonds. The Morgan fingerprint density at radius 1 is 1.50 bits per heavy atom. The van der Waals surface area contributed by atoms with Crippen molar-refractivity contribution in [3.05, 3.63) is 29.3 Å². The van der Waals surface area contributed by atoms with Gasteiger partial charge < -0.3 is 15.5 Å². The van der Waals surface area contributed by atoms with Gasteiger partial charge in [0.15, 0.2) is 0 Å². The van der Waals surface area contributed by atoms with Crippen LogP contribution >= 0.6 is 0 Å². The Morgan fingerprint density at radius 3 is 2.75 bits per heavy atom. The predicted octanol–water partition coefficient (Wildman–Crippen LogP) is 0.740. The molecule has 4 heteroatoms. The van der Waals surface area contributed by atoms with Crippen molar-refractivity contribution in [3.8, 4) is 5.75 Å². The molecule has 1 aromatic carbocycles. The molecule has 0 aliphatic carbocycles. The van der Waals surface area contributed by atoms with Crippen molar-refractivity contribution in [3.63, 3.8) is 0 Å². The van der Waals surface area contributed by atoms with Crippen molar-refractivity contribution in [1.29, 1.82) is 0 Å². The predicted molar refractivity (Wildman–Crippen MR) is 61.2 cm³/mol. The van der Waals surface area contributed by atoms with Crippen LogP contribution in [-0.2, 0) is 11.2 Å². The number of aromatic hydroxyl groups is 1. The van der Waals surface area contributed by atoms with Crippen LogP contribution in [0.5, 0.6) is 5.75 Å².